The van der Waals surface area contributed by atoms with Gasteiger partial charge in [0, 0.05) is 6.42 Å². The lowest BCUT2D eigenvalue weighted by atomic mass is 10.1. The van der Waals surface area contributed by atoms with Gasteiger partial charge in [-0.05, 0) is 24.1 Å². The maximum atomic E-state index is 5.96. The lowest BCUT2D eigenvalue weighted by molar-refractivity contribution is 0.415. The maximum absolute atomic E-state index is 5.96. The molecule has 1 aromatic carbocycles. The first kappa shape index (κ1) is 11.3. The third-order valence-corrected chi connectivity index (χ3v) is 2.38. The summed E-state index contributed by atoms with van der Waals surface area (Å²) in [6, 6.07) is 5.68. The molecule has 0 fully saturated rings. The first-order valence-corrected chi connectivity index (χ1v) is 5.03. The van der Waals surface area contributed by atoms with E-state index in [1.165, 1.54) is 0 Å². The normalized spacial score (nSPS) is 9.86. The number of hydrogen-bond donors (Lipinski definition) is 1. The van der Waals surface area contributed by atoms with Crippen LogP contribution >= 0.6 is 23.8 Å². The molecule has 0 aliphatic heterocycles. The van der Waals surface area contributed by atoms with Gasteiger partial charge in [-0.1, -0.05) is 29.9 Å². The van der Waals surface area contributed by atoms with E-state index in [0.717, 1.165) is 12.0 Å². The van der Waals surface area contributed by atoms with Crippen LogP contribution in [-0.2, 0) is 6.42 Å². The second-order valence-electron chi connectivity index (χ2n) is 2.94. The Morgan fingerprint density at radius 2 is 2.29 bits per heavy atom. The van der Waals surface area contributed by atoms with Crippen LogP contribution in [0, 0.1) is 0 Å². The average Bonchev–Trinajstić information content (AvgIpc) is 2.15. The zero-order valence-electron chi connectivity index (χ0n) is 7.92. The zero-order valence-corrected chi connectivity index (χ0v) is 9.49. The molecule has 76 valence electrons. The highest BCUT2D eigenvalue weighted by Crippen LogP contribution is 2.25. The summed E-state index contributed by atoms with van der Waals surface area (Å²) in [5, 5.41) is 0.618. The third kappa shape index (κ3) is 3.16. The molecule has 0 unspecified atom stereocenters. The fourth-order valence-electron chi connectivity index (χ4n) is 1.13. The van der Waals surface area contributed by atoms with Crippen LogP contribution in [0.3, 0.4) is 0 Å². The van der Waals surface area contributed by atoms with Crippen LogP contribution in [-0.4, -0.2) is 12.1 Å². The fraction of sp³-hybridized carbons (Fsp3) is 0.300. The molecular formula is C10H12ClNOS. The molecule has 0 aliphatic rings. The molecule has 0 atom stereocenters. The smallest absolute Gasteiger partial charge is 0.137 e. The van der Waals surface area contributed by atoms with Crippen LogP contribution < -0.4 is 10.5 Å². The fourth-order valence-corrected chi connectivity index (χ4v) is 1.52. The molecular weight excluding hydrogens is 218 g/mol. The monoisotopic (exact) mass is 229 g/mol. The molecule has 0 saturated heterocycles. The molecule has 0 radical (unpaired) electrons. The highest BCUT2D eigenvalue weighted by Gasteiger charge is 2.01. The predicted octanol–water partition coefficient (Wildman–Crippen LogP) is 2.57. The van der Waals surface area contributed by atoms with Crippen molar-refractivity contribution in [2.75, 3.05) is 7.11 Å². The van der Waals surface area contributed by atoms with E-state index in [-0.39, 0.29) is 0 Å². The summed E-state index contributed by atoms with van der Waals surface area (Å²) in [6.07, 6.45) is 1.52. The van der Waals surface area contributed by atoms with E-state index < -0.39 is 0 Å². The van der Waals surface area contributed by atoms with Crippen molar-refractivity contribution in [2.45, 2.75) is 12.8 Å². The number of methoxy groups -OCH3 is 1. The summed E-state index contributed by atoms with van der Waals surface area (Å²) >= 11 is 10.8. The van der Waals surface area contributed by atoms with E-state index in [1.807, 2.05) is 18.2 Å². The molecule has 0 heterocycles. The Hall–Kier alpha value is -0.800. The van der Waals surface area contributed by atoms with Crippen molar-refractivity contribution in [3.05, 3.63) is 28.8 Å². The van der Waals surface area contributed by atoms with Crippen molar-refractivity contribution >= 4 is 28.8 Å². The molecule has 1 aromatic rings. The Morgan fingerprint density at radius 3 is 2.79 bits per heavy atom. The first-order valence-electron chi connectivity index (χ1n) is 4.24. The molecule has 0 amide bonds. The Labute approximate surface area is 94.0 Å². The molecule has 0 bridgehead atoms. The van der Waals surface area contributed by atoms with Gasteiger partial charge in [0.15, 0.2) is 0 Å². The SMILES string of the molecule is COc1ccc(CCC(N)=S)cc1Cl. The van der Waals surface area contributed by atoms with E-state index >= 15 is 0 Å². The number of benzene rings is 1. The number of nitrogens with two attached hydrogens (primary N) is 1. The van der Waals surface area contributed by atoms with Gasteiger partial charge in [0.05, 0.1) is 17.1 Å². The quantitative estimate of drug-likeness (QED) is 0.807. The van der Waals surface area contributed by atoms with Crippen LogP contribution in [0.25, 0.3) is 0 Å². The topological polar surface area (TPSA) is 35.2 Å². The molecule has 2 nitrogen and oxygen atoms in total. The van der Waals surface area contributed by atoms with E-state index in [2.05, 4.69) is 0 Å². The largest absolute Gasteiger partial charge is 0.495 e. The maximum Gasteiger partial charge on any atom is 0.137 e. The van der Waals surface area contributed by atoms with Gasteiger partial charge in [-0.15, -0.1) is 0 Å². The number of hydrogen-bond acceptors (Lipinski definition) is 2. The van der Waals surface area contributed by atoms with Crippen LogP contribution in [0.2, 0.25) is 5.02 Å². The minimum Gasteiger partial charge on any atom is -0.495 e. The first-order chi connectivity index (χ1) is 6.63. The summed E-state index contributed by atoms with van der Waals surface area (Å²) < 4.78 is 5.04. The molecule has 2 N–H and O–H groups in total. The summed E-state index contributed by atoms with van der Waals surface area (Å²) in [5.74, 6) is 0.686. The molecule has 1 rings (SSSR count). The van der Waals surface area contributed by atoms with E-state index in [0.29, 0.717) is 22.2 Å². The predicted molar refractivity (Wildman–Crippen MR) is 63.1 cm³/mol. The summed E-state index contributed by atoms with van der Waals surface area (Å²) in [6.45, 7) is 0. The molecule has 0 saturated carbocycles. The van der Waals surface area contributed by atoms with Gasteiger partial charge in [-0.25, -0.2) is 0 Å². The molecule has 14 heavy (non-hydrogen) atoms. The minimum absolute atomic E-state index is 0.525. The van der Waals surface area contributed by atoms with Crippen molar-refractivity contribution in [2.24, 2.45) is 5.73 Å². The van der Waals surface area contributed by atoms with Crippen LogP contribution in [0.1, 0.15) is 12.0 Å². The number of aryl methyl sites for hydroxylation is 1. The number of halogens is 1. The molecule has 4 heteroatoms. The average molecular weight is 230 g/mol. The van der Waals surface area contributed by atoms with Crippen molar-refractivity contribution < 1.29 is 4.74 Å². The number of thiocarbonyl (C=S) groups is 1. The third-order valence-electron chi connectivity index (χ3n) is 1.88. The van der Waals surface area contributed by atoms with Crippen molar-refractivity contribution in [3.8, 4) is 5.75 Å². The van der Waals surface area contributed by atoms with E-state index in [9.17, 15) is 0 Å². The highest BCUT2D eigenvalue weighted by molar-refractivity contribution is 7.80. The van der Waals surface area contributed by atoms with Crippen molar-refractivity contribution in [1.82, 2.24) is 0 Å². The standard InChI is InChI=1S/C10H12ClNOS/c1-13-9-4-2-7(6-8(9)11)3-5-10(12)14/h2,4,6H,3,5H2,1H3,(H2,12,14). The van der Waals surface area contributed by atoms with Crippen LogP contribution in [0.4, 0.5) is 0 Å². The minimum atomic E-state index is 0.525. The summed E-state index contributed by atoms with van der Waals surface area (Å²) in [7, 11) is 1.59. The Balaban J connectivity index is 2.71. The van der Waals surface area contributed by atoms with Crippen LogP contribution in [0.5, 0.6) is 5.75 Å². The number of ether oxygens (including phenoxy) is 1. The summed E-state index contributed by atoms with van der Waals surface area (Å²) in [5.41, 5.74) is 6.52. The Bertz CT molecular complexity index is 341. The Kier molecular flexibility index (Phi) is 4.17. The highest BCUT2D eigenvalue weighted by atomic mass is 35.5. The van der Waals surface area contributed by atoms with Gasteiger partial charge in [-0.2, -0.15) is 0 Å². The Morgan fingerprint density at radius 1 is 1.57 bits per heavy atom. The van der Waals surface area contributed by atoms with Gasteiger partial charge in [0.1, 0.15) is 5.75 Å². The lowest BCUT2D eigenvalue weighted by Crippen LogP contribution is -2.08. The van der Waals surface area contributed by atoms with Crippen molar-refractivity contribution in [3.63, 3.8) is 0 Å². The van der Waals surface area contributed by atoms with Gasteiger partial charge >= 0.3 is 0 Å². The zero-order chi connectivity index (χ0) is 10.6. The summed E-state index contributed by atoms with van der Waals surface area (Å²) in [4.78, 5) is 0.525. The molecule has 0 aliphatic carbocycles. The second kappa shape index (κ2) is 5.17. The second-order valence-corrected chi connectivity index (χ2v) is 3.87. The van der Waals surface area contributed by atoms with Gasteiger partial charge in [0.25, 0.3) is 0 Å². The molecule has 0 spiro atoms. The van der Waals surface area contributed by atoms with Gasteiger partial charge in [0.2, 0.25) is 0 Å². The van der Waals surface area contributed by atoms with E-state index in [4.69, 9.17) is 34.3 Å². The van der Waals surface area contributed by atoms with E-state index in [1.54, 1.807) is 7.11 Å². The molecule has 0 aromatic heterocycles. The number of rotatable bonds is 4. The van der Waals surface area contributed by atoms with Gasteiger partial charge in [-0.3, -0.25) is 0 Å². The van der Waals surface area contributed by atoms with Gasteiger partial charge < -0.3 is 10.5 Å². The van der Waals surface area contributed by atoms with Crippen molar-refractivity contribution in [1.29, 1.82) is 0 Å². The van der Waals surface area contributed by atoms with Crippen LogP contribution in [0.15, 0.2) is 18.2 Å². The lowest BCUT2D eigenvalue weighted by Gasteiger charge is -2.05.